The van der Waals surface area contributed by atoms with Crippen molar-refractivity contribution in [1.82, 2.24) is 14.9 Å². The predicted octanol–water partition coefficient (Wildman–Crippen LogP) is 1.68. The molecule has 0 radical (unpaired) electrons. The first-order valence-electron chi connectivity index (χ1n) is 8.88. The largest absolute Gasteiger partial charge is 0.425 e. The number of halogens is 4. The number of anilines is 1. The maximum absolute atomic E-state index is 14.1. The van der Waals surface area contributed by atoms with Crippen LogP contribution < -0.4 is 21.9 Å². The zero-order chi connectivity index (χ0) is 22.3. The van der Waals surface area contributed by atoms with Crippen molar-refractivity contribution in [2.45, 2.75) is 37.9 Å². The summed E-state index contributed by atoms with van der Waals surface area (Å²) in [6.45, 7) is 1.72. The minimum Gasteiger partial charge on any atom is -0.330 e. The second kappa shape index (κ2) is 7.43. The van der Waals surface area contributed by atoms with Crippen LogP contribution in [0.3, 0.4) is 0 Å². The molecule has 160 valence electrons. The number of fused-ring (bicyclic) bond motifs is 1. The third kappa shape index (κ3) is 3.27. The summed E-state index contributed by atoms with van der Waals surface area (Å²) in [4.78, 5) is 51.1. The summed E-state index contributed by atoms with van der Waals surface area (Å²) in [6, 6.07) is 4.04. The molecule has 0 saturated carbocycles. The Labute approximate surface area is 165 Å². The van der Waals surface area contributed by atoms with E-state index in [0.717, 1.165) is 24.3 Å². The molecular weight excluding hydrogens is 412 g/mol. The lowest BCUT2D eigenvalue weighted by atomic mass is 9.91. The number of amides is 2. The highest BCUT2D eigenvalue weighted by molar-refractivity contribution is 6.07. The van der Waals surface area contributed by atoms with Crippen molar-refractivity contribution >= 4 is 17.6 Å². The van der Waals surface area contributed by atoms with Gasteiger partial charge in [-0.2, -0.15) is 13.2 Å². The van der Waals surface area contributed by atoms with E-state index in [-0.39, 0.29) is 18.5 Å². The van der Waals surface area contributed by atoms with Gasteiger partial charge in [-0.1, -0.05) is 13.3 Å². The van der Waals surface area contributed by atoms with Gasteiger partial charge in [0.25, 0.3) is 11.5 Å². The number of H-pyrrole nitrogens is 1. The lowest BCUT2D eigenvalue weighted by Crippen LogP contribution is -2.62. The average Bonchev–Trinajstić information content (AvgIpc) is 2.94. The first-order valence-corrected chi connectivity index (χ1v) is 8.88. The van der Waals surface area contributed by atoms with Crippen LogP contribution in [-0.2, 0) is 15.1 Å². The number of carbonyl (C=O) groups is 2. The highest BCUT2D eigenvalue weighted by Crippen LogP contribution is 2.45. The molecule has 12 heteroatoms. The highest BCUT2D eigenvalue weighted by Gasteiger charge is 2.68. The molecule has 1 aromatic carbocycles. The van der Waals surface area contributed by atoms with Gasteiger partial charge in [0.15, 0.2) is 0 Å². The van der Waals surface area contributed by atoms with E-state index < -0.39 is 52.0 Å². The fraction of sp³-hybridized carbons (Fsp3) is 0.333. The van der Waals surface area contributed by atoms with Crippen molar-refractivity contribution in [3.05, 3.63) is 56.5 Å². The standard InChI is InChI=1S/C18H16F4N4O4/c1-2-3-4-11(27)25-17(18(20,21)22)12-13(23-15(17)29)26(16(30)24-14(12)28)10-7-5-9(19)6-8-10/h5-8H,2-4H2,1H3,(H,23,29)(H,25,27)(H,24,28,30)/t17-/m0/s1. The summed E-state index contributed by atoms with van der Waals surface area (Å²) in [5, 5.41) is 3.55. The summed E-state index contributed by atoms with van der Waals surface area (Å²) >= 11 is 0. The summed E-state index contributed by atoms with van der Waals surface area (Å²) in [6.07, 6.45) is -4.92. The van der Waals surface area contributed by atoms with E-state index in [1.165, 1.54) is 0 Å². The Morgan fingerprint density at radius 2 is 1.80 bits per heavy atom. The molecule has 2 heterocycles. The molecule has 0 fully saturated rings. The van der Waals surface area contributed by atoms with Crippen molar-refractivity contribution in [2.24, 2.45) is 0 Å². The number of hydrogen-bond acceptors (Lipinski definition) is 4. The predicted molar refractivity (Wildman–Crippen MR) is 96.6 cm³/mol. The number of aromatic amines is 1. The molecular formula is C18H16F4N4O4. The first kappa shape index (κ1) is 21.3. The van der Waals surface area contributed by atoms with Gasteiger partial charge in [-0.25, -0.2) is 13.8 Å². The van der Waals surface area contributed by atoms with Crippen LogP contribution in [0.2, 0.25) is 0 Å². The number of rotatable bonds is 5. The maximum atomic E-state index is 14.1. The van der Waals surface area contributed by atoms with Gasteiger partial charge in [-0.3, -0.25) is 19.4 Å². The van der Waals surface area contributed by atoms with Gasteiger partial charge in [0.2, 0.25) is 11.4 Å². The van der Waals surface area contributed by atoms with Gasteiger partial charge in [-0.05, 0) is 30.7 Å². The Hall–Kier alpha value is -3.44. The quantitative estimate of drug-likeness (QED) is 0.629. The third-order valence-corrected chi connectivity index (χ3v) is 4.65. The summed E-state index contributed by atoms with van der Waals surface area (Å²) in [5.41, 5.74) is -7.60. The zero-order valence-electron chi connectivity index (χ0n) is 15.5. The molecule has 0 bridgehead atoms. The first-order chi connectivity index (χ1) is 14.0. The summed E-state index contributed by atoms with van der Waals surface area (Å²) in [5.74, 6) is -4.25. The normalized spacial score (nSPS) is 18.1. The zero-order valence-corrected chi connectivity index (χ0v) is 15.5. The average molecular weight is 428 g/mol. The number of alkyl halides is 3. The van der Waals surface area contributed by atoms with Gasteiger partial charge in [0, 0.05) is 6.42 Å². The number of hydrogen-bond donors (Lipinski definition) is 3. The van der Waals surface area contributed by atoms with E-state index in [1.807, 2.05) is 5.32 Å². The van der Waals surface area contributed by atoms with Crippen LogP contribution >= 0.6 is 0 Å². The number of nitrogens with one attached hydrogen (secondary N) is 3. The molecule has 1 aliphatic heterocycles. The minimum atomic E-state index is -5.40. The second-order valence-electron chi connectivity index (χ2n) is 6.65. The van der Waals surface area contributed by atoms with Crippen LogP contribution in [0.4, 0.5) is 23.4 Å². The van der Waals surface area contributed by atoms with E-state index in [9.17, 15) is 36.7 Å². The van der Waals surface area contributed by atoms with E-state index in [0.29, 0.717) is 11.0 Å². The lowest BCUT2D eigenvalue weighted by molar-refractivity contribution is -0.200. The third-order valence-electron chi connectivity index (χ3n) is 4.65. The highest BCUT2D eigenvalue weighted by atomic mass is 19.4. The van der Waals surface area contributed by atoms with Crippen LogP contribution in [0.5, 0.6) is 0 Å². The lowest BCUT2D eigenvalue weighted by Gasteiger charge is -2.30. The SMILES string of the molecule is CCCCC(=O)N[C@]1(C(F)(F)F)C(=O)Nc2c1c(=O)[nH]c(=O)n2-c1ccc(F)cc1. The number of benzene rings is 1. The molecule has 8 nitrogen and oxygen atoms in total. The molecule has 1 aliphatic rings. The van der Waals surface area contributed by atoms with E-state index >= 15 is 0 Å². The van der Waals surface area contributed by atoms with Gasteiger partial charge in [0.05, 0.1) is 5.69 Å². The van der Waals surface area contributed by atoms with Crippen molar-refractivity contribution in [3.8, 4) is 5.69 Å². The topological polar surface area (TPSA) is 113 Å². The number of carbonyl (C=O) groups excluding carboxylic acids is 2. The molecule has 1 aromatic heterocycles. The molecule has 0 saturated heterocycles. The van der Waals surface area contributed by atoms with Crippen LogP contribution in [0.1, 0.15) is 31.7 Å². The maximum Gasteiger partial charge on any atom is 0.425 e. The molecule has 30 heavy (non-hydrogen) atoms. The van der Waals surface area contributed by atoms with Gasteiger partial charge in [0.1, 0.15) is 17.2 Å². The Morgan fingerprint density at radius 1 is 1.17 bits per heavy atom. The van der Waals surface area contributed by atoms with Crippen LogP contribution in [-0.4, -0.2) is 27.5 Å². The number of unbranched alkanes of at least 4 members (excludes halogenated alkanes) is 1. The van der Waals surface area contributed by atoms with E-state index in [1.54, 1.807) is 17.2 Å². The van der Waals surface area contributed by atoms with E-state index in [2.05, 4.69) is 0 Å². The van der Waals surface area contributed by atoms with E-state index in [4.69, 9.17) is 0 Å². The monoisotopic (exact) mass is 428 g/mol. The van der Waals surface area contributed by atoms with Crippen molar-refractivity contribution in [2.75, 3.05) is 5.32 Å². The smallest absolute Gasteiger partial charge is 0.330 e. The Morgan fingerprint density at radius 3 is 2.37 bits per heavy atom. The molecule has 0 unspecified atom stereocenters. The van der Waals surface area contributed by atoms with Crippen molar-refractivity contribution < 1.29 is 27.2 Å². The van der Waals surface area contributed by atoms with Gasteiger partial charge < -0.3 is 10.6 Å². The van der Waals surface area contributed by atoms with Crippen LogP contribution in [0.25, 0.3) is 5.69 Å². The molecule has 2 amide bonds. The summed E-state index contributed by atoms with van der Waals surface area (Å²) in [7, 11) is 0. The fourth-order valence-corrected chi connectivity index (χ4v) is 3.22. The number of aromatic nitrogens is 2. The van der Waals surface area contributed by atoms with Crippen molar-refractivity contribution in [3.63, 3.8) is 0 Å². The molecule has 0 spiro atoms. The molecule has 3 N–H and O–H groups in total. The second-order valence-corrected chi connectivity index (χ2v) is 6.65. The molecule has 2 aromatic rings. The van der Waals surface area contributed by atoms with Crippen LogP contribution in [0, 0.1) is 5.82 Å². The van der Waals surface area contributed by atoms with Gasteiger partial charge in [-0.15, -0.1) is 0 Å². The van der Waals surface area contributed by atoms with Crippen molar-refractivity contribution in [1.29, 1.82) is 0 Å². The Bertz CT molecular complexity index is 1120. The summed E-state index contributed by atoms with van der Waals surface area (Å²) < 4.78 is 56.2. The Balaban J connectivity index is 2.29. The molecule has 3 rings (SSSR count). The minimum absolute atomic E-state index is 0.107. The number of nitrogens with zero attached hydrogens (tertiary/aromatic N) is 1. The molecule has 0 aliphatic carbocycles. The molecule has 1 atom stereocenters. The van der Waals surface area contributed by atoms with Crippen LogP contribution in [0.15, 0.2) is 33.9 Å². The van der Waals surface area contributed by atoms with Gasteiger partial charge >= 0.3 is 11.9 Å². The fourth-order valence-electron chi connectivity index (χ4n) is 3.22. The Kier molecular flexibility index (Phi) is 5.27.